The third-order valence-electron chi connectivity index (χ3n) is 5.48. The quantitative estimate of drug-likeness (QED) is 0.249. The van der Waals surface area contributed by atoms with E-state index in [0.717, 1.165) is 6.54 Å². The number of hydrogen-bond acceptors (Lipinski definition) is 11. The molecule has 1 fully saturated rings. The molecule has 0 atom stereocenters. The van der Waals surface area contributed by atoms with Crippen LogP contribution in [0, 0.1) is 5.21 Å². The Morgan fingerprint density at radius 1 is 1.17 bits per heavy atom. The highest BCUT2D eigenvalue weighted by Crippen LogP contribution is 2.36. The Hall–Kier alpha value is -3.42. The van der Waals surface area contributed by atoms with Gasteiger partial charge in [0.2, 0.25) is 11.9 Å². The Kier molecular flexibility index (Phi) is 7.91. The molecule has 14 heteroatoms. The SMILES string of the molecule is CN1CCN(c2cnc(NCCNc3ccc(N([O-])O)c(N)n3)nc2-c2ccc(Cl)cc2Cl)C(=O)C1. The molecular formula is C22H24Cl2N9O3-. The highest BCUT2D eigenvalue weighted by molar-refractivity contribution is 6.36. The monoisotopic (exact) mass is 532 g/mol. The van der Waals surface area contributed by atoms with Crippen LogP contribution in [0.2, 0.25) is 10.0 Å². The lowest BCUT2D eigenvalue weighted by Crippen LogP contribution is -2.49. The molecule has 0 bridgehead atoms. The van der Waals surface area contributed by atoms with E-state index >= 15 is 0 Å². The Labute approximate surface area is 217 Å². The second-order valence-electron chi connectivity index (χ2n) is 8.06. The van der Waals surface area contributed by atoms with Gasteiger partial charge >= 0.3 is 0 Å². The zero-order valence-corrected chi connectivity index (χ0v) is 20.8. The minimum atomic E-state index is -0.338. The Morgan fingerprint density at radius 3 is 2.64 bits per heavy atom. The molecule has 3 aromatic rings. The Bertz CT molecular complexity index is 1260. The van der Waals surface area contributed by atoms with Crippen LogP contribution in [0.3, 0.4) is 0 Å². The minimum Gasteiger partial charge on any atom is -0.733 e. The lowest BCUT2D eigenvalue weighted by atomic mass is 10.1. The van der Waals surface area contributed by atoms with Crippen LogP contribution in [-0.4, -0.2) is 70.7 Å². The molecule has 1 aliphatic rings. The summed E-state index contributed by atoms with van der Waals surface area (Å²) < 4.78 is 0. The van der Waals surface area contributed by atoms with Gasteiger partial charge in [-0.05, 0) is 37.4 Å². The summed E-state index contributed by atoms with van der Waals surface area (Å²) >= 11 is 12.6. The minimum absolute atomic E-state index is 0.0531. The van der Waals surface area contributed by atoms with Crippen molar-refractivity contribution < 1.29 is 10.0 Å². The van der Waals surface area contributed by atoms with Gasteiger partial charge < -0.3 is 31.7 Å². The molecule has 0 aliphatic carbocycles. The van der Waals surface area contributed by atoms with Crippen LogP contribution in [0.5, 0.6) is 0 Å². The van der Waals surface area contributed by atoms with Gasteiger partial charge in [-0.15, -0.1) is 0 Å². The van der Waals surface area contributed by atoms with Crippen molar-refractivity contribution >= 4 is 58.1 Å². The predicted molar refractivity (Wildman–Crippen MR) is 141 cm³/mol. The van der Waals surface area contributed by atoms with E-state index in [1.807, 2.05) is 11.9 Å². The van der Waals surface area contributed by atoms with Crippen molar-refractivity contribution in [2.75, 3.05) is 66.3 Å². The summed E-state index contributed by atoms with van der Waals surface area (Å²) in [5.74, 6) is 0.613. The number of piperazine rings is 1. The Morgan fingerprint density at radius 2 is 1.94 bits per heavy atom. The van der Waals surface area contributed by atoms with E-state index in [9.17, 15) is 10.0 Å². The molecule has 0 saturated carbocycles. The lowest BCUT2D eigenvalue weighted by Gasteiger charge is -2.32. The molecule has 36 heavy (non-hydrogen) atoms. The predicted octanol–water partition coefficient (Wildman–Crippen LogP) is 2.92. The summed E-state index contributed by atoms with van der Waals surface area (Å²) in [7, 11) is 1.90. The topological polar surface area (TPSA) is 159 Å². The third-order valence-corrected chi connectivity index (χ3v) is 6.03. The second-order valence-corrected chi connectivity index (χ2v) is 8.91. The maximum Gasteiger partial charge on any atom is 0.241 e. The molecule has 2 aromatic heterocycles. The lowest BCUT2D eigenvalue weighted by molar-refractivity contribution is -0.120. The molecule has 190 valence electrons. The molecule has 1 aliphatic heterocycles. The summed E-state index contributed by atoms with van der Waals surface area (Å²) in [6, 6.07) is 7.97. The summed E-state index contributed by atoms with van der Waals surface area (Å²) in [5, 5.41) is 26.7. The van der Waals surface area contributed by atoms with E-state index < -0.39 is 0 Å². The van der Waals surface area contributed by atoms with Crippen LogP contribution >= 0.6 is 23.2 Å². The molecular weight excluding hydrogens is 509 g/mol. The zero-order valence-electron chi connectivity index (χ0n) is 19.3. The van der Waals surface area contributed by atoms with Crippen molar-refractivity contribution in [3.63, 3.8) is 0 Å². The number of likely N-dealkylation sites (N-methyl/N-ethyl adjacent to an activating group) is 1. The number of pyridine rings is 1. The van der Waals surface area contributed by atoms with E-state index in [0.29, 0.717) is 64.9 Å². The number of carbonyl (C=O) groups excluding carboxylic acids is 1. The van der Waals surface area contributed by atoms with Crippen molar-refractivity contribution in [1.29, 1.82) is 0 Å². The first-order chi connectivity index (χ1) is 17.2. The van der Waals surface area contributed by atoms with Crippen molar-refractivity contribution in [2.45, 2.75) is 0 Å². The summed E-state index contributed by atoms with van der Waals surface area (Å²) in [4.78, 5) is 29.5. The normalized spacial score (nSPS) is 14.1. The average Bonchev–Trinajstić information content (AvgIpc) is 2.82. The highest BCUT2D eigenvalue weighted by Gasteiger charge is 2.27. The average molecular weight is 533 g/mol. The van der Waals surface area contributed by atoms with Gasteiger partial charge in [-0.25, -0.2) is 15.0 Å². The van der Waals surface area contributed by atoms with Crippen LogP contribution in [-0.2, 0) is 4.79 Å². The van der Waals surface area contributed by atoms with Gasteiger partial charge in [0.1, 0.15) is 11.5 Å². The summed E-state index contributed by atoms with van der Waals surface area (Å²) in [6.07, 6.45) is 1.61. The molecule has 0 unspecified atom stereocenters. The second kappa shape index (κ2) is 11.1. The van der Waals surface area contributed by atoms with Gasteiger partial charge in [-0.3, -0.25) is 14.9 Å². The number of carbonyl (C=O) groups is 1. The number of nitrogens with two attached hydrogens (primary N) is 1. The molecule has 0 radical (unpaired) electrons. The van der Waals surface area contributed by atoms with E-state index in [1.54, 1.807) is 29.3 Å². The van der Waals surface area contributed by atoms with Crippen LogP contribution in [0.25, 0.3) is 11.3 Å². The van der Waals surface area contributed by atoms with Gasteiger partial charge in [0, 0.05) is 36.8 Å². The summed E-state index contributed by atoms with van der Waals surface area (Å²) in [5.41, 5.74) is 7.23. The number of halogens is 2. The van der Waals surface area contributed by atoms with Crippen LogP contribution in [0.1, 0.15) is 0 Å². The molecule has 5 N–H and O–H groups in total. The number of nitrogen functional groups attached to an aromatic ring is 1. The molecule has 1 amide bonds. The highest BCUT2D eigenvalue weighted by atomic mass is 35.5. The standard InChI is InChI=1S/C22H24Cl2N9O3/c1-31-8-9-32(19(34)12-31)17-11-28-22(30-20(17)14-3-2-13(23)10-15(14)24)27-7-6-26-18-5-4-16(33(35)36)21(25)29-18/h2-5,10-11,35H,6-9,12H2,1H3,(H3,25,26,29)(H,27,28,30)/q-1. The van der Waals surface area contributed by atoms with E-state index in [2.05, 4.69) is 25.6 Å². The van der Waals surface area contributed by atoms with Crippen LogP contribution in [0.15, 0.2) is 36.5 Å². The molecule has 12 nitrogen and oxygen atoms in total. The number of nitrogens with one attached hydrogen (secondary N) is 2. The van der Waals surface area contributed by atoms with Gasteiger partial charge in [0.25, 0.3) is 0 Å². The van der Waals surface area contributed by atoms with Crippen molar-refractivity contribution in [3.05, 3.63) is 51.8 Å². The fraction of sp³-hybridized carbons (Fsp3) is 0.273. The van der Waals surface area contributed by atoms with Gasteiger partial charge in [0.05, 0.1) is 29.1 Å². The van der Waals surface area contributed by atoms with Crippen molar-refractivity contribution in [3.8, 4) is 11.3 Å². The fourth-order valence-corrected chi connectivity index (χ4v) is 4.17. The molecule has 1 aromatic carbocycles. The van der Waals surface area contributed by atoms with Crippen molar-refractivity contribution in [2.24, 2.45) is 0 Å². The first kappa shape index (κ1) is 25.7. The molecule has 3 heterocycles. The van der Waals surface area contributed by atoms with Gasteiger partial charge in [-0.2, -0.15) is 0 Å². The van der Waals surface area contributed by atoms with E-state index in [-0.39, 0.29) is 22.6 Å². The molecule has 0 spiro atoms. The first-order valence-corrected chi connectivity index (χ1v) is 11.7. The number of aromatic nitrogens is 3. The van der Waals surface area contributed by atoms with Crippen LogP contribution in [0.4, 0.5) is 29.0 Å². The van der Waals surface area contributed by atoms with Gasteiger partial charge in [-0.1, -0.05) is 23.2 Å². The zero-order chi connectivity index (χ0) is 25.8. The number of nitrogens with zero attached hydrogens (tertiary/aromatic N) is 6. The summed E-state index contributed by atoms with van der Waals surface area (Å²) in [6.45, 7) is 2.35. The third kappa shape index (κ3) is 5.86. The van der Waals surface area contributed by atoms with E-state index in [4.69, 9.17) is 34.1 Å². The molecule has 1 saturated heterocycles. The maximum atomic E-state index is 12.7. The number of rotatable bonds is 8. The number of anilines is 5. The first-order valence-electron chi connectivity index (χ1n) is 10.9. The number of benzene rings is 1. The fourth-order valence-electron chi connectivity index (χ4n) is 3.68. The molecule has 4 rings (SSSR count). The largest absolute Gasteiger partial charge is 0.733 e. The number of hydrogen-bond donors (Lipinski definition) is 4. The maximum absolute atomic E-state index is 12.7. The smallest absolute Gasteiger partial charge is 0.241 e. The van der Waals surface area contributed by atoms with Gasteiger partial charge in [0.15, 0.2) is 5.82 Å². The van der Waals surface area contributed by atoms with Crippen LogP contribution < -0.4 is 26.5 Å². The Balaban J connectivity index is 1.51. The van der Waals surface area contributed by atoms with Crippen molar-refractivity contribution in [1.82, 2.24) is 19.9 Å². The van der Waals surface area contributed by atoms with E-state index in [1.165, 1.54) is 12.1 Å². The number of amides is 1.